The van der Waals surface area contributed by atoms with Crippen LogP contribution in [-0.2, 0) is 17.9 Å². The van der Waals surface area contributed by atoms with Crippen LogP contribution >= 0.6 is 0 Å². The zero-order valence-electron chi connectivity index (χ0n) is 16.5. The van der Waals surface area contributed by atoms with Crippen molar-refractivity contribution in [3.63, 3.8) is 0 Å². The van der Waals surface area contributed by atoms with Gasteiger partial charge in [0, 0.05) is 25.6 Å². The van der Waals surface area contributed by atoms with Crippen LogP contribution in [0.5, 0.6) is 0 Å². The summed E-state index contributed by atoms with van der Waals surface area (Å²) >= 11 is 0. The minimum Gasteiger partial charge on any atom is -0.334 e. The quantitative estimate of drug-likeness (QED) is 0.719. The fourth-order valence-electron chi connectivity index (χ4n) is 4.57. The fourth-order valence-corrected chi connectivity index (χ4v) is 4.57. The summed E-state index contributed by atoms with van der Waals surface area (Å²) in [5.41, 5.74) is 2.59. The van der Waals surface area contributed by atoms with E-state index in [0.29, 0.717) is 18.4 Å². The monoisotopic (exact) mass is 374 g/mol. The maximum atomic E-state index is 13.3. The first-order chi connectivity index (χ1) is 13.8. The van der Waals surface area contributed by atoms with Gasteiger partial charge in [-0.1, -0.05) is 72.8 Å². The second-order valence-corrected chi connectivity index (χ2v) is 8.12. The van der Waals surface area contributed by atoms with Crippen LogP contribution in [0, 0.1) is 11.8 Å². The summed E-state index contributed by atoms with van der Waals surface area (Å²) in [6, 6.07) is 21.0. The third kappa shape index (κ3) is 4.71. The molecule has 1 atom stereocenters. The average molecular weight is 375 g/mol. The van der Waals surface area contributed by atoms with Gasteiger partial charge in [-0.25, -0.2) is 0 Å². The van der Waals surface area contributed by atoms with Gasteiger partial charge in [-0.3, -0.25) is 9.69 Å². The highest BCUT2D eigenvalue weighted by atomic mass is 16.2. The maximum absolute atomic E-state index is 13.3. The number of amides is 1. The Balaban J connectivity index is 1.35. The molecule has 2 heterocycles. The molecule has 2 aromatic rings. The highest BCUT2D eigenvalue weighted by Gasteiger charge is 2.34. The number of hydrogen-bond acceptors (Lipinski definition) is 2. The van der Waals surface area contributed by atoms with E-state index < -0.39 is 0 Å². The number of hydrogen-bond donors (Lipinski definition) is 0. The van der Waals surface area contributed by atoms with Gasteiger partial charge in [0.05, 0.1) is 0 Å². The van der Waals surface area contributed by atoms with E-state index in [1.165, 1.54) is 11.1 Å². The number of allylic oxidation sites excluding steroid dienone is 1. The van der Waals surface area contributed by atoms with Gasteiger partial charge in [-0.05, 0) is 49.4 Å². The highest BCUT2D eigenvalue weighted by Crippen LogP contribution is 2.31. The summed E-state index contributed by atoms with van der Waals surface area (Å²) < 4.78 is 0. The molecule has 146 valence electrons. The van der Waals surface area contributed by atoms with Crippen LogP contribution in [-0.4, -0.2) is 35.3 Å². The van der Waals surface area contributed by atoms with Crippen molar-refractivity contribution < 1.29 is 4.79 Å². The second kappa shape index (κ2) is 9.20. The van der Waals surface area contributed by atoms with Crippen LogP contribution in [0.15, 0.2) is 72.8 Å². The zero-order chi connectivity index (χ0) is 19.2. The van der Waals surface area contributed by atoms with E-state index in [-0.39, 0.29) is 5.92 Å². The summed E-state index contributed by atoms with van der Waals surface area (Å²) in [6.07, 6.45) is 7.54. The van der Waals surface area contributed by atoms with Crippen molar-refractivity contribution in [2.45, 2.75) is 32.4 Å². The van der Waals surface area contributed by atoms with Crippen LogP contribution in [0.1, 0.15) is 30.4 Å². The number of likely N-dealkylation sites (tertiary alicyclic amines) is 1. The second-order valence-electron chi connectivity index (χ2n) is 8.12. The fraction of sp³-hybridized carbons (Fsp3) is 0.400. The molecule has 0 aromatic heterocycles. The van der Waals surface area contributed by atoms with Gasteiger partial charge in [0.25, 0.3) is 0 Å². The van der Waals surface area contributed by atoms with E-state index in [9.17, 15) is 4.79 Å². The number of benzene rings is 2. The Kier molecular flexibility index (Phi) is 6.23. The number of carbonyl (C=O) groups is 1. The van der Waals surface area contributed by atoms with Crippen molar-refractivity contribution in [1.82, 2.24) is 9.80 Å². The predicted octanol–water partition coefficient (Wildman–Crippen LogP) is 4.50. The van der Waals surface area contributed by atoms with E-state index in [1.807, 2.05) is 23.1 Å². The Morgan fingerprint density at radius 1 is 0.786 bits per heavy atom. The molecule has 1 fully saturated rings. The lowest BCUT2D eigenvalue weighted by Crippen LogP contribution is -2.42. The molecule has 2 aliphatic rings. The molecule has 4 rings (SSSR count). The smallest absolute Gasteiger partial charge is 0.226 e. The Morgan fingerprint density at radius 2 is 1.39 bits per heavy atom. The normalized spacial score (nSPS) is 21.6. The summed E-state index contributed by atoms with van der Waals surface area (Å²) in [6.45, 7) is 4.65. The summed E-state index contributed by atoms with van der Waals surface area (Å²) in [4.78, 5) is 17.9. The third-order valence-corrected chi connectivity index (χ3v) is 6.18. The molecule has 0 N–H and O–H groups in total. The van der Waals surface area contributed by atoms with Gasteiger partial charge in [-0.15, -0.1) is 0 Å². The average Bonchev–Trinajstić information content (AvgIpc) is 2.92. The van der Waals surface area contributed by atoms with Crippen LogP contribution < -0.4 is 0 Å². The first kappa shape index (κ1) is 18.9. The molecule has 3 heteroatoms. The standard InChI is InChI=1S/C25H30N2O/c28-25-24(13-7-8-16-27(25)20-22-11-5-2-6-12-22)23-14-17-26(18-15-23)19-21-9-3-1-4-10-21/h1-12,23-24H,13-20H2/t24-/m1/s1. The lowest BCUT2D eigenvalue weighted by molar-refractivity contribution is -0.137. The van der Waals surface area contributed by atoms with Crippen LogP contribution in [0.2, 0.25) is 0 Å². The Labute approximate surface area is 168 Å². The summed E-state index contributed by atoms with van der Waals surface area (Å²) in [5, 5.41) is 0. The molecule has 0 bridgehead atoms. The lowest BCUT2D eigenvalue weighted by Gasteiger charge is -2.36. The Hall–Kier alpha value is -2.39. The molecule has 1 saturated heterocycles. The molecule has 0 spiro atoms. The first-order valence-corrected chi connectivity index (χ1v) is 10.5. The van der Waals surface area contributed by atoms with Gasteiger partial charge in [0.15, 0.2) is 0 Å². The van der Waals surface area contributed by atoms with E-state index in [2.05, 4.69) is 59.5 Å². The highest BCUT2D eigenvalue weighted by molar-refractivity contribution is 5.80. The molecule has 2 aromatic carbocycles. The molecule has 3 nitrogen and oxygen atoms in total. The van der Waals surface area contributed by atoms with E-state index in [4.69, 9.17) is 0 Å². The summed E-state index contributed by atoms with van der Waals surface area (Å²) in [7, 11) is 0. The van der Waals surface area contributed by atoms with E-state index in [0.717, 1.165) is 45.4 Å². The van der Waals surface area contributed by atoms with E-state index in [1.54, 1.807) is 0 Å². The van der Waals surface area contributed by atoms with Gasteiger partial charge in [0.1, 0.15) is 0 Å². The Bertz CT molecular complexity index is 779. The SMILES string of the molecule is O=C1[C@@H](C2CCN(Cc3ccccc3)CC2)CC=CCN1Cc1ccccc1. The number of piperidine rings is 1. The third-order valence-electron chi connectivity index (χ3n) is 6.18. The van der Waals surface area contributed by atoms with Crippen LogP contribution in [0.25, 0.3) is 0 Å². The van der Waals surface area contributed by atoms with Crippen molar-refractivity contribution >= 4 is 5.91 Å². The van der Waals surface area contributed by atoms with Crippen molar-refractivity contribution in [2.75, 3.05) is 19.6 Å². The van der Waals surface area contributed by atoms with Gasteiger partial charge >= 0.3 is 0 Å². The topological polar surface area (TPSA) is 23.6 Å². The Morgan fingerprint density at radius 3 is 2.04 bits per heavy atom. The molecule has 0 unspecified atom stereocenters. The van der Waals surface area contributed by atoms with Crippen molar-refractivity contribution in [3.8, 4) is 0 Å². The maximum Gasteiger partial charge on any atom is 0.226 e. The van der Waals surface area contributed by atoms with Crippen molar-refractivity contribution in [3.05, 3.63) is 83.9 Å². The largest absolute Gasteiger partial charge is 0.334 e. The molecule has 1 amide bonds. The molecule has 2 aliphatic heterocycles. The minimum atomic E-state index is 0.140. The molecule has 0 radical (unpaired) electrons. The van der Waals surface area contributed by atoms with Gasteiger partial charge in [-0.2, -0.15) is 0 Å². The minimum absolute atomic E-state index is 0.140. The molecule has 0 aliphatic carbocycles. The van der Waals surface area contributed by atoms with Gasteiger partial charge < -0.3 is 4.90 Å². The number of rotatable bonds is 5. The predicted molar refractivity (Wildman–Crippen MR) is 114 cm³/mol. The van der Waals surface area contributed by atoms with Crippen LogP contribution in [0.3, 0.4) is 0 Å². The van der Waals surface area contributed by atoms with Gasteiger partial charge in [0.2, 0.25) is 5.91 Å². The lowest BCUT2D eigenvalue weighted by atomic mass is 9.81. The van der Waals surface area contributed by atoms with E-state index >= 15 is 0 Å². The number of nitrogens with zero attached hydrogens (tertiary/aromatic N) is 2. The summed E-state index contributed by atoms with van der Waals surface area (Å²) in [5.74, 6) is 0.984. The molecule has 28 heavy (non-hydrogen) atoms. The first-order valence-electron chi connectivity index (χ1n) is 10.5. The number of carbonyl (C=O) groups excluding carboxylic acids is 1. The van der Waals surface area contributed by atoms with Crippen LogP contribution in [0.4, 0.5) is 0 Å². The molecular formula is C25H30N2O. The zero-order valence-corrected chi connectivity index (χ0v) is 16.5. The van der Waals surface area contributed by atoms with Crippen molar-refractivity contribution in [2.24, 2.45) is 11.8 Å². The van der Waals surface area contributed by atoms with Crippen molar-refractivity contribution in [1.29, 1.82) is 0 Å². The molecular weight excluding hydrogens is 344 g/mol. The molecule has 0 saturated carbocycles.